The molecule has 2 aliphatic carbocycles. The quantitative estimate of drug-likeness (QED) is 0.0709. The second-order valence-electron chi connectivity index (χ2n) is 19.4. The zero-order valence-corrected chi connectivity index (χ0v) is 39.9. The molecule has 1 aromatic heterocycles. The van der Waals surface area contributed by atoms with Gasteiger partial charge in [-0.15, -0.1) is 0 Å². The Morgan fingerprint density at radius 3 is 1.61 bits per heavy atom. The van der Waals surface area contributed by atoms with Crippen LogP contribution in [0.25, 0.3) is 55.3 Å². The fourth-order valence-electron chi connectivity index (χ4n) is 11.4. The summed E-state index contributed by atoms with van der Waals surface area (Å²) in [6, 6.07) is 61.2. The Morgan fingerprint density at radius 2 is 0.925 bits per heavy atom. The van der Waals surface area contributed by atoms with Crippen molar-refractivity contribution < 1.29 is 4.42 Å². The van der Waals surface area contributed by atoms with Gasteiger partial charge in [-0.1, -0.05) is 212 Å². The molecule has 8 aromatic rings. The Kier molecular flexibility index (Phi) is 13.7. The summed E-state index contributed by atoms with van der Waals surface area (Å²) in [5.74, 6) is 0. The predicted molar refractivity (Wildman–Crippen MR) is 288 cm³/mol. The van der Waals surface area contributed by atoms with E-state index in [4.69, 9.17) is 4.42 Å². The lowest BCUT2D eigenvalue weighted by atomic mass is 9.70. The Morgan fingerprint density at radius 1 is 0.403 bits per heavy atom. The van der Waals surface area contributed by atoms with Crippen LogP contribution < -0.4 is 4.90 Å². The summed E-state index contributed by atoms with van der Waals surface area (Å²) in [5.41, 5.74) is 19.3. The van der Waals surface area contributed by atoms with Crippen molar-refractivity contribution in [3.63, 3.8) is 0 Å². The topological polar surface area (TPSA) is 16.4 Å². The molecule has 2 nitrogen and oxygen atoms in total. The van der Waals surface area contributed by atoms with Crippen LogP contribution in [0.5, 0.6) is 0 Å². The molecule has 0 radical (unpaired) electrons. The average Bonchev–Trinajstić information content (AvgIpc) is 3.89. The molecule has 1 heterocycles. The number of para-hydroxylation sites is 1. The van der Waals surface area contributed by atoms with Crippen LogP contribution in [0.3, 0.4) is 0 Å². The fraction of sp³-hybridized carbons (Fsp3) is 0.292. The molecule has 0 N–H and O–H groups in total. The first-order chi connectivity index (χ1) is 33.1. The molecule has 0 amide bonds. The molecule has 10 rings (SSSR count). The monoisotopic (exact) mass is 878 g/mol. The second kappa shape index (κ2) is 20.6. The summed E-state index contributed by atoms with van der Waals surface area (Å²) in [7, 11) is 0. The van der Waals surface area contributed by atoms with Gasteiger partial charge in [-0.2, -0.15) is 0 Å². The molecule has 2 heteroatoms. The lowest BCUT2D eigenvalue weighted by Gasteiger charge is -2.34. The number of rotatable bonds is 20. The van der Waals surface area contributed by atoms with Gasteiger partial charge in [0, 0.05) is 33.2 Å². The molecular formula is C65H67NO. The average molecular weight is 878 g/mol. The first-order valence-electron chi connectivity index (χ1n) is 25.8. The third-order valence-electron chi connectivity index (χ3n) is 15.0. The number of fused-ring (bicyclic) bond motifs is 6. The summed E-state index contributed by atoms with van der Waals surface area (Å²) in [4.78, 5) is 2.51. The van der Waals surface area contributed by atoms with Gasteiger partial charge in [0.2, 0.25) is 0 Å². The van der Waals surface area contributed by atoms with Crippen molar-refractivity contribution in [3.05, 3.63) is 198 Å². The molecule has 0 spiro atoms. The van der Waals surface area contributed by atoms with E-state index in [1.807, 2.05) is 6.07 Å². The highest BCUT2D eigenvalue weighted by Crippen LogP contribution is 2.56. The Balaban J connectivity index is 0.994. The minimum atomic E-state index is 0.0159. The van der Waals surface area contributed by atoms with Gasteiger partial charge in [0.25, 0.3) is 0 Å². The normalized spacial score (nSPS) is 13.9. The van der Waals surface area contributed by atoms with Crippen molar-refractivity contribution in [3.8, 4) is 22.3 Å². The third kappa shape index (κ3) is 9.33. The number of nitrogens with zero attached hydrogens (tertiary/aromatic N) is 1. The van der Waals surface area contributed by atoms with E-state index in [1.54, 1.807) is 5.56 Å². The molecule has 0 saturated carbocycles. The first-order valence-corrected chi connectivity index (χ1v) is 25.8. The van der Waals surface area contributed by atoms with Gasteiger partial charge in [0.1, 0.15) is 11.2 Å². The van der Waals surface area contributed by atoms with Gasteiger partial charge in [-0.05, 0) is 136 Å². The van der Waals surface area contributed by atoms with Crippen molar-refractivity contribution in [1.29, 1.82) is 0 Å². The van der Waals surface area contributed by atoms with Crippen molar-refractivity contribution in [2.24, 2.45) is 0 Å². The minimum Gasteiger partial charge on any atom is -0.456 e. The zero-order chi connectivity index (χ0) is 45.4. The lowest BCUT2D eigenvalue weighted by Crippen LogP contribution is -2.26. The van der Waals surface area contributed by atoms with Gasteiger partial charge >= 0.3 is 0 Å². The van der Waals surface area contributed by atoms with Gasteiger partial charge in [-0.25, -0.2) is 0 Å². The van der Waals surface area contributed by atoms with E-state index in [1.165, 1.54) is 168 Å². The Bertz CT molecular complexity index is 2970. The summed E-state index contributed by atoms with van der Waals surface area (Å²) in [6.45, 7) is 4.64. The van der Waals surface area contributed by atoms with Crippen LogP contribution in [-0.2, 0) is 5.41 Å². The van der Waals surface area contributed by atoms with Crippen LogP contribution in [0.2, 0.25) is 0 Å². The van der Waals surface area contributed by atoms with Gasteiger partial charge in [0.15, 0.2) is 0 Å². The van der Waals surface area contributed by atoms with Crippen molar-refractivity contribution in [2.75, 3.05) is 4.90 Å². The van der Waals surface area contributed by atoms with Crippen LogP contribution in [0.4, 0.5) is 17.1 Å². The molecule has 0 aliphatic heterocycles. The highest BCUT2D eigenvalue weighted by atomic mass is 16.3. The fourth-order valence-corrected chi connectivity index (χ4v) is 11.4. The van der Waals surface area contributed by atoms with Gasteiger partial charge in [-0.3, -0.25) is 0 Å². The molecule has 2 aliphatic rings. The third-order valence-corrected chi connectivity index (χ3v) is 15.0. The van der Waals surface area contributed by atoms with Crippen LogP contribution in [-0.4, -0.2) is 0 Å². The number of benzene rings is 7. The van der Waals surface area contributed by atoms with Gasteiger partial charge in [0.05, 0.1) is 0 Å². The van der Waals surface area contributed by atoms with Crippen LogP contribution >= 0.6 is 0 Å². The summed E-state index contributed by atoms with van der Waals surface area (Å²) < 4.78 is 6.14. The van der Waals surface area contributed by atoms with E-state index in [0.717, 1.165) is 24.0 Å². The smallest absolute Gasteiger partial charge is 0.135 e. The highest BCUT2D eigenvalue weighted by Gasteiger charge is 2.42. The predicted octanol–water partition coefficient (Wildman–Crippen LogP) is 19.8. The molecule has 7 aromatic carbocycles. The van der Waals surface area contributed by atoms with Crippen molar-refractivity contribution in [2.45, 2.75) is 122 Å². The standard InChI is InChI=1S/C65H67NO/c1-3-5-7-9-11-20-44-65(45-21-12-10-8-6-4-2)61-26-18-16-24-57(61)58-42-41-56(47-62(58)65)66(54-37-32-50(33-38-54)48-22-14-13-15-23-48)55-39-34-51(35-40-55)49-28-30-52(31-29-49)53-36-43-64-60(46-53)59-25-17-19-27-63(59)67-64/h13-19,22-28,30,32-43,46-47H,3-12,20-21,29,31,44-45H2,1-2H3. The maximum absolute atomic E-state index is 6.14. The Labute approximate surface area is 400 Å². The van der Waals surface area contributed by atoms with Crippen LogP contribution in [0.1, 0.15) is 139 Å². The van der Waals surface area contributed by atoms with E-state index in [2.05, 4.69) is 189 Å². The SMILES string of the molecule is CCCCCCCCC1(CCCCCCCC)c2ccccc2-c2ccc(N(c3ccc(C4=CC=C(c5ccc6oc7ccccc7c6c5)CC4)cc3)c3ccc(-c4ccccc4)cc3)cc21. The van der Waals surface area contributed by atoms with Gasteiger partial charge < -0.3 is 9.32 Å². The van der Waals surface area contributed by atoms with Crippen LogP contribution in [0, 0.1) is 0 Å². The van der Waals surface area contributed by atoms with E-state index in [9.17, 15) is 0 Å². The van der Waals surface area contributed by atoms with Crippen molar-refractivity contribution in [1.82, 2.24) is 0 Å². The maximum atomic E-state index is 6.14. The Hall–Kier alpha value is -6.38. The highest BCUT2D eigenvalue weighted by molar-refractivity contribution is 6.06. The molecule has 0 saturated heterocycles. The van der Waals surface area contributed by atoms with E-state index < -0.39 is 0 Å². The molecule has 0 bridgehead atoms. The molecule has 0 unspecified atom stereocenters. The molecular weight excluding hydrogens is 811 g/mol. The second-order valence-corrected chi connectivity index (χ2v) is 19.4. The number of hydrogen-bond acceptors (Lipinski definition) is 2. The summed E-state index contributed by atoms with van der Waals surface area (Å²) >= 11 is 0. The van der Waals surface area contributed by atoms with E-state index in [0.29, 0.717) is 0 Å². The molecule has 338 valence electrons. The molecule has 0 fully saturated rings. The maximum Gasteiger partial charge on any atom is 0.135 e. The van der Waals surface area contributed by atoms with E-state index in [-0.39, 0.29) is 5.41 Å². The van der Waals surface area contributed by atoms with Crippen molar-refractivity contribution >= 4 is 50.1 Å². The van der Waals surface area contributed by atoms with Crippen LogP contribution in [0.15, 0.2) is 180 Å². The zero-order valence-electron chi connectivity index (χ0n) is 39.9. The number of anilines is 3. The summed E-state index contributed by atoms with van der Waals surface area (Å²) in [6.07, 6.45) is 24.9. The largest absolute Gasteiger partial charge is 0.456 e. The molecule has 67 heavy (non-hydrogen) atoms. The first kappa shape index (κ1) is 44.5. The number of unbranched alkanes of at least 4 members (excludes halogenated alkanes) is 10. The number of hydrogen-bond donors (Lipinski definition) is 0. The summed E-state index contributed by atoms with van der Waals surface area (Å²) in [5, 5.41) is 2.37. The minimum absolute atomic E-state index is 0.0159. The van der Waals surface area contributed by atoms with E-state index >= 15 is 0 Å². The number of allylic oxidation sites excluding steroid dienone is 4. The lowest BCUT2D eigenvalue weighted by molar-refractivity contribution is 0.398. The molecule has 0 atom stereocenters. The number of furan rings is 1.